The molecule has 0 spiro atoms. The maximum absolute atomic E-state index is 7.35. The predicted octanol–water partition coefficient (Wildman–Crippen LogP) is 0.668. The van der Waals surface area contributed by atoms with Crippen LogP contribution in [-0.2, 0) is 4.74 Å². The van der Waals surface area contributed by atoms with E-state index in [1.165, 1.54) is 0 Å². The zero-order valence-electron chi connectivity index (χ0n) is 9.00. The first-order valence-corrected chi connectivity index (χ1v) is 4.63. The molecule has 0 saturated carbocycles. The number of methoxy groups -OCH3 is 1. The Kier molecular flexibility index (Phi) is 5.66. The fourth-order valence-corrected chi connectivity index (χ4v) is 1.48. The van der Waals surface area contributed by atoms with Gasteiger partial charge < -0.3 is 10.5 Å². The lowest BCUT2D eigenvalue weighted by Gasteiger charge is -2.32. The summed E-state index contributed by atoms with van der Waals surface area (Å²) in [5.41, 5.74) is 5.45. The molecule has 0 aromatic rings. The third kappa shape index (κ3) is 3.74. The van der Waals surface area contributed by atoms with E-state index in [4.69, 9.17) is 15.9 Å². The maximum Gasteiger partial charge on any atom is 0.108 e. The Labute approximate surface area is 80.6 Å². The highest BCUT2D eigenvalue weighted by atomic mass is 16.5. The molecule has 0 saturated heterocycles. The van der Waals surface area contributed by atoms with Crippen molar-refractivity contribution < 1.29 is 4.74 Å². The fraction of sp³-hybridized carbons (Fsp3) is 0.889. The summed E-state index contributed by atoms with van der Waals surface area (Å²) < 4.78 is 5.06. The van der Waals surface area contributed by atoms with Gasteiger partial charge in [-0.1, -0.05) is 6.92 Å². The SMILES string of the molecule is CCN(C(C)COC)C(C)C(=N)N. The van der Waals surface area contributed by atoms with Crippen LogP contribution in [0.2, 0.25) is 0 Å². The molecule has 0 aliphatic carbocycles. The van der Waals surface area contributed by atoms with Crippen molar-refractivity contribution in [2.24, 2.45) is 5.73 Å². The Morgan fingerprint density at radius 3 is 2.38 bits per heavy atom. The summed E-state index contributed by atoms with van der Waals surface area (Å²) in [5.74, 6) is 0.213. The van der Waals surface area contributed by atoms with Crippen LogP contribution in [0.3, 0.4) is 0 Å². The number of ether oxygens (including phenoxy) is 1. The summed E-state index contributed by atoms with van der Waals surface area (Å²) in [4.78, 5) is 2.14. The van der Waals surface area contributed by atoms with Gasteiger partial charge in [0.05, 0.1) is 12.6 Å². The molecule has 0 aromatic carbocycles. The van der Waals surface area contributed by atoms with Crippen molar-refractivity contribution in [1.82, 2.24) is 4.90 Å². The minimum Gasteiger partial charge on any atom is -0.386 e. The molecule has 4 heteroatoms. The second-order valence-electron chi connectivity index (χ2n) is 3.27. The van der Waals surface area contributed by atoms with Gasteiger partial charge in [-0.25, -0.2) is 0 Å². The van der Waals surface area contributed by atoms with E-state index in [0.717, 1.165) is 6.54 Å². The first-order chi connectivity index (χ1) is 6.04. The van der Waals surface area contributed by atoms with Crippen LogP contribution >= 0.6 is 0 Å². The van der Waals surface area contributed by atoms with Gasteiger partial charge in [0.1, 0.15) is 5.84 Å². The average molecular weight is 187 g/mol. The molecule has 0 radical (unpaired) electrons. The van der Waals surface area contributed by atoms with Crippen molar-refractivity contribution in [3.63, 3.8) is 0 Å². The number of hydrogen-bond donors (Lipinski definition) is 2. The van der Waals surface area contributed by atoms with Crippen molar-refractivity contribution in [1.29, 1.82) is 5.41 Å². The van der Waals surface area contributed by atoms with Crippen LogP contribution in [0.1, 0.15) is 20.8 Å². The normalized spacial score (nSPS) is 15.8. The van der Waals surface area contributed by atoms with E-state index in [1.807, 2.05) is 6.92 Å². The maximum atomic E-state index is 7.35. The molecule has 0 heterocycles. The van der Waals surface area contributed by atoms with E-state index in [0.29, 0.717) is 12.6 Å². The molecule has 78 valence electrons. The van der Waals surface area contributed by atoms with E-state index in [-0.39, 0.29) is 11.9 Å². The quantitative estimate of drug-likeness (QED) is 0.474. The molecule has 0 amide bonds. The topological polar surface area (TPSA) is 62.3 Å². The van der Waals surface area contributed by atoms with Crippen LogP contribution in [0.15, 0.2) is 0 Å². The highest BCUT2D eigenvalue weighted by Crippen LogP contribution is 2.05. The largest absolute Gasteiger partial charge is 0.386 e. The molecule has 0 aliphatic rings. The second-order valence-corrected chi connectivity index (χ2v) is 3.27. The smallest absolute Gasteiger partial charge is 0.108 e. The lowest BCUT2D eigenvalue weighted by atomic mass is 10.2. The molecule has 2 unspecified atom stereocenters. The highest BCUT2D eigenvalue weighted by molar-refractivity contribution is 5.82. The minimum absolute atomic E-state index is 0.00449. The fourth-order valence-electron chi connectivity index (χ4n) is 1.48. The summed E-state index contributed by atoms with van der Waals surface area (Å²) >= 11 is 0. The summed E-state index contributed by atoms with van der Waals surface area (Å²) in [6, 6.07) is 0.295. The van der Waals surface area contributed by atoms with Crippen molar-refractivity contribution in [3.05, 3.63) is 0 Å². The lowest BCUT2D eigenvalue weighted by molar-refractivity contribution is 0.0942. The van der Waals surface area contributed by atoms with Crippen molar-refractivity contribution in [2.45, 2.75) is 32.9 Å². The molecule has 13 heavy (non-hydrogen) atoms. The number of hydrogen-bond acceptors (Lipinski definition) is 3. The third-order valence-electron chi connectivity index (χ3n) is 2.29. The molecule has 3 N–H and O–H groups in total. The molecule has 4 nitrogen and oxygen atoms in total. The van der Waals surface area contributed by atoms with E-state index in [1.54, 1.807) is 7.11 Å². The molecule has 0 fully saturated rings. The van der Waals surface area contributed by atoms with Crippen LogP contribution in [0, 0.1) is 5.41 Å². The number of nitrogens with one attached hydrogen (secondary N) is 1. The molecule has 2 atom stereocenters. The lowest BCUT2D eigenvalue weighted by Crippen LogP contribution is -2.48. The van der Waals surface area contributed by atoms with Crippen LogP contribution in [0.5, 0.6) is 0 Å². The molecule has 0 aromatic heterocycles. The molecular weight excluding hydrogens is 166 g/mol. The van der Waals surface area contributed by atoms with E-state index < -0.39 is 0 Å². The first kappa shape index (κ1) is 12.4. The number of rotatable bonds is 6. The van der Waals surface area contributed by atoms with Gasteiger partial charge in [-0.15, -0.1) is 0 Å². The van der Waals surface area contributed by atoms with E-state index >= 15 is 0 Å². The zero-order valence-corrected chi connectivity index (χ0v) is 9.00. The summed E-state index contributed by atoms with van der Waals surface area (Å²) in [6.45, 7) is 7.63. The van der Waals surface area contributed by atoms with Crippen LogP contribution in [0.25, 0.3) is 0 Å². The number of nitrogens with two attached hydrogens (primary N) is 1. The highest BCUT2D eigenvalue weighted by Gasteiger charge is 2.19. The summed E-state index contributed by atoms with van der Waals surface area (Å²) in [6.07, 6.45) is 0. The molecule has 0 bridgehead atoms. The van der Waals surface area contributed by atoms with Gasteiger partial charge in [-0.05, 0) is 20.4 Å². The van der Waals surface area contributed by atoms with E-state index in [9.17, 15) is 0 Å². The van der Waals surface area contributed by atoms with Crippen molar-refractivity contribution >= 4 is 5.84 Å². The van der Waals surface area contributed by atoms with Crippen molar-refractivity contribution in [3.8, 4) is 0 Å². The summed E-state index contributed by atoms with van der Waals surface area (Å²) in [7, 11) is 1.68. The van der Waals surface area contributed by atoms with Gasteiger partial charge in [-0.2, -0.15) is 0 Å². The average Bonchev–Trinajstić information content (AvgIpc) is 2.05. The number of amidine groups is 1. The predicted molar refractivity (Wildman–Crippen MR) is 55.1 cm³/mol. The Bertz CT molecular complexity index is 161. The van der Waals surface area contributed by atoms with Crippen molar-refractivity contribution in [2.75, 3.05) is 20.3 Å². The second kappa shape index (κ2) is 5.94. The van der Waals surface area contributed by atoms with Gasteiger partial charge in [-0.3, -0.25) is 10.3 Å². The van der Waals surface area contributed by atoms with Gasteiger partial charge >= 0.3 is 0 Å². The van der Waals surface area contributed by atoms with Crippen LogP contribution < -0.4 is 5.73 Å². The van der Waals surface area contributed by atoms with Gasteiger partial charge in [0.15, 0.2) is 0 Å². The first-order valence-electron chi connectivity index (χ1n) is 4.63. The van der Waals surface area contributed by atoms with Crippen LogP contribution in [-0.4, -0.2) is 43.1 Å². The standard InChI is InChI=1S/C9H21N3O/c1-5-12(7(2)6-13-4)8(3)9(10)11/h7-8H,5-6H2,1-4H3,(H3,10,11). The Hall–Kier alpha value is -0.610. The van der Waals surface area contributed by atoms with Gasteiger partial charge in [0.2, 0.25) is 0 Å². The Morgan fingerprint density at radius 1 is 1.54 bits per heavy atom. The Balaban J connectivity index is 4.22. The Morgan fingerprint density at radius 2 is 2.08 bits per heavy atom. The van der Waals surface area contributed by atoms with Gasteiger partial charge in [0.25, 0.3) is 0 Å². The van der Waals surface area contributed by atoms with E-state index in [2.05, 4.69) is 18.7 Å². The number of likely N-dealkylation sites (N-methyl/N-ethyl adjacent to an activating group) is 1. The molecule has 0 rings (SSSR count). The van der Waals surface area contributed by atoms with Gasteiger partial charge in [0, 0.05) is 13.2 Å². The third-order valence-corrected chi connectivity index (χ3v) is 2.29. The number of nitrogens with zero attached hydrogens (tertiary/aromatic N) is 1. The van der Waals surface area contributed by atoms with Crippen LogP contribution in [0.4, 0.5) is 0 Å². The zero-order chi connectivity index (χ0) is 10.4. The monoisotopic (exact) mass is 187 g/mol. The molecular formula is C9H21N3O. The summed E-state index contributed by atoms with van der Waals surface area (Å²) in [5, 5.41) is 7.35. The minimum atomic E-state index is -0.00449. The molecule has 0 aliphatic heterocycles.